The van der Waals surface area contributed by atoms with Gasteiger partial charge in [0.25, 0.3) is 10.0 Å². The van der Waals surface area contributed by atoms with Crippen LogP contribution in [0.5, 0.6) is 0 Å². The van der Waals surface area contributed by atoms with Crippen LogP contribution in [0.2, 0.25) is 0 Å². The largest absolute Gasteiger partial charge is 0.315 e. The molecule has 0 unspecified atom stereocenters. The molecule has 0 aliphatic heterocycles. The number of benzene rings is 1. The molecule has 1 rings (SSSR count). The highest BCUT2D eigenvalue weighted by atomic mass is 32.2. The zero-order valence-corrected chi connectivity index (χ0v) is 13.5. The molecule has 0 bridgehead atoms. The minimum absolute atomic E-state index is 0.423. The van der Waals surface area contributed by atoms with E-state index >= 15 is 0 Å². The lowest BCUT2D eigenvalue weighted by molar-refractivity contribution is -0.671. The lowest BCUT2D eigenvalue weighted by Crippen LogP contribution is -2.48. The van der Waals surface area contributed by atoms with E-state index < -0.39 is 50.5 Å². The molecule has 0 amide bonds. The number of rotatable bonds is 7. The predicted octanol–water partition coefficient (Wildman–Crippen LogP) is -0.412. The number of nitrogens with zero attached hydrogens (tertiary/aromatic N) is 4. The summed E-state index contributed by atoms with van der Waals surface area (Å²) < 4.78 is 45.9. The van der Waals surface area contributed by atoms with Gasteiger partial charge in [-0.3, -0.25) is 0 Å². The predicted molar refractivity (Wildman–Crippen MR) is 75.7 cm³/mol. The van der Waals surface area contributed by atoms with Crippen molar-refractivity contribution in [2.75, 3.05) is 12.9 Å². The Bertz CT molecular complexity index is 818. The minimum atomic E-state index is -4.78. The molecule has 14 heteroatoms. The number of aryl methyl sites for hydroxylation is 1. The van der Waals surface area contributed by atoms with Gasteiger partial charge >= 0.3 is 10.0 Å². The Balaban J connectivity index is 3.33. The fraction of sp³-hybridized carbons (Fsp3) is 0.333. The molecular formula is C9H12N4O8S2. The van der Waals surface area contributed by atoms with E-state index in [1.165, 1.54) is 12.1 Å². The molecule has 128 valence electrons. The Morgan fingerprint density at radius 3 is 1.74 bits per heavy atom. The van der Waals surface area contributed by atoms with Crippen LogP contribution in [0.1, 0.15) is 5.56 Å². The van der Waals surface area contributed by atoms with Gasteiger partial charge in [0.05, 0.1) is 11.2 Å². The van der Waals surface area contributed by atoms with Crippen LogP contribution in [-0.4, -0.2) is 48.7 Å². The fourth-order valence-corrected chi connectivity index (χ4v) is 3.22. The van der Waals surface area contributed by atoms with E-state index in [1.54, 1.807) is 6.92 Å². The molecular weight excluding hydrogens is 356 g/mol. The van der Waals surface area contributed by atoms with Gasteiger partial charge in [-0.15, -0.1) is 0 Å². The van der Waals surface area contributed by atoms with Gasteiger partial charge in [-0.1, -0.05) is 17.7 Å². The van der Waals surface area contributed by atoms with Crippen LogP contribution < -0.4 is 0 Å². The smallest absolute Gasteiger partial charge is 0.234 e. The average molecular weight is 368 g/mol. The summed E-state index contributed by atoms with van der Waals surface area (Å²) >= 11 is 0. The number of sulfonamides is 2. The van der Waals surface area contributed by atoms with Gasteiger partial charge in [-0.05, 0) is 19.1 Å². The van der Waals surface area contributed by atoms with Gasteiger partial charge < -0.3 is 0 Å². The topological polar surface area (TPSA) is 161 Å². The SMILES string of the molecule is Cc1ccc(S(=O)(=O)N(CN([N+](=O)[O-])S(C)(=O)=O)[N+](=O)[O-])cc1. The maximum atomic E-state index is 12.2. The summed E-state index contributed by atoms with van der Waals surface area (Å²) in [5, 5.41) is 18.8. The Labute approximate surface area is 131 Å². The van der Waals surface area contributed by atoms with Crippen molar-refractivity contribution in [1.29, 1.82) is 0 Å². The Kier molecular flexibility index (Phi) is 5.11. The molecule has 0 saturated carbocycles. The molecule has 0 radical (unpaired) electrons. The second kappa shape index (κ2) is 6.33. The fourth-order valence-electron chi connectivity index (χ4n) is 1.43. The van der Waals surface area contributed by atoms with Gasteiger partial charge in [0.2, 0.25) is 6.67 Å². The average Bonchev–Trinajstić information content (AvgIpc) is 2.36. The van der Waals surface area contributed by atoms with Gasteiger partial charge in [0, 0.05) is 8.83 Å². The second-order valence-corrected chi connectivity index (χ2v) is 8.07. The van der Waals surface area contributed by atoms with E-state index in [0.717, 1.165) is 12.1 Å². The molecule has 0 N–H and O–H groups in total. The van der Waals surface area contributed by atoms with Gasteiger partial charge in [0.15, 0.2) is 10.1 Å². The lowest BCUT2D eigenvalue weighted by Gasteiger charge is -2.17. The van der Waals surface area contributed by atoms with Crippen molar-refractivity contribution in [3.05, 3.63) is 50.1 Å². The third-order valence-corrected chi connectivity index (χ3v) is 5.27. The van der Waals surface area contributed by atoms with Crippen LogP contribution in [-0.2, 0) is 20.0 Å². The lowest BCUT2D eigenvalue weighted by atomic mass is 10.2. The molecule has 23 heavy (non-hydrogen) atoms. The van der Waals surface area contributed by atoms with Crippen molar-refractivity contribution < 1.29 is 26.9 Å². The maximum absolute atomic E-state index is 12.2. The molecule has 0 aliphatic carbocycles. The van der Waals surface area contributed by atoms with Gasteiger partial charge in [-0.25, -0.2) is 28.6 Å². The Morgan fingerprint density at radius 1 is 0.957 bits per heavy atom. The normalized spacial score (nSPS) is 11.7. The first kappa shape index (κ1) is 18.6. The number of hydrogen-bond acceptors (Lipinski definition) is 8. The third-order valence-electron chi connectivity index (χ3n) is 2.59. The molecule has 12 nitrogen and oxygen atoms in total. The van der Waals surface area contributed by atoms with Crippen LogP contribution in [0.15, 0.2) is 29.2 Å². The van der Waals surface area contributed by atoms with Crippen molar-refractivity contribution in [2.24, 2.45) is 0 Å². The van der Waals surface area contributed by atoms with Gasteiger partial charge in [-0.2, -0.15) is 8.42 Å². The summed E-state index contributed by atoms with van der Waals surface area (Å²) in [5.41, 5.74) is 0.680. The molecule has 0 atom stereocenters. The molecule has 1 aromatic carbocycles. The molecule has 0 fully saturated rings. The zero-order chi connectivity index (χ0) is 18.0. The molecule has 0 aliphatic rings. The second-order valence-electron chi connectivity index (χ2n) is 4.34. The molecule has 0 spiro atoms. The quantitative estimate of drug-likeness (QED) is 0.356. The van der Waals surface area contributed by atoms with E-state index in [0.29, 0.717) is 11.8 Å². The zero-order valence-electron chi connectivity index (χ0n) is 11.9. The Morgan fingerprint density at radius 2 is 1.39 bits per heavy atom. The number of hydrogen-bond donors (Lipinski definition) is 0. The third kappa shape index (κ3) is 4.26. The van der Waals surface area contributed by atoms with Crippen molar-refractivity contribution in [2.45, 2.75) is 11.8 Å². The molecule has 0 heterocycles. The maximum Gasteiger partial charge on any atom is 0.315 e. The molecule has 0 saturated heterocycles. The summed E-state index contributed by atoms with van der Waals surface area (Å²) in [6.45, 7) is 0.0504. The highest BCUT2D eigenvalue weighted by Crippen LogP contribution is 2.17. The monoisotopic (exact) mass is 368 g/mol. The summed E-state index contributed by atoms with van der Waals surface area (Å²) in [6, 6.07) is 4.87. The standard InChI is InChI=1S/C9H12N4O8S2/c1-8-3-5-9(6-4-8)23(20,21)11(13(16)17)7-10(12(14)15)22(2,18)19/h3-6H,7H2,1-2H3. The molecule has 1 aromatic rings. The first-order valence-electron chi connectivity index (χ1n) is 5.73. The highest BCUT2D eigenvalue weighted by Gasteiger charge is 2.41. The van der Waals surface area contributed by atoms with Crippen molar-refractivity contribution in [1.82, 2.24) is 8.83 Å². The van der Waals surface area contributed by atoms with E-state index in [-0.39, 0.29) is 0 Å². The number of hydrazine groups is 2. The highest BCUT2D eigenvalue weighted by molar-refractivity contribution is 7.89. The van der Waals surface area contributed by atoms with Gasteiger partial charge in [0.1, 0.15) is 0 Å². The van der Waals surface area contributed by atoms with Crippen LogP contribution >= 0.6 is 0 Å². The first-order valence-corrected chi connectivity index (χ1v) is 9.02. The van der Waals surface area contributed by atoms with Crippen LogP contribution in [0, 0.1) is 27.2 Å². The first-order chi connectivity index (χ1) is 10.4. The van der Waals surface area contributed by atoms with E-state index in [9.17, 15) is 37.1 Å². The Hall–Kier alpha value is -2.48. The van der Waals surface area contributed by atoms with Crippen molar-refractivity contribution >= 4 is 20.0 Å². The van der Waals surface area contributed by atoms with Crippen molar-refractivity contribution in [3.8, 4) is 0 Å². The van der Waals surface area contributed by atoms with Crippen LogP contribution in [0.3, 0.4) is 0 Å². The summed E-state index contributed by atoms with van der Waals surface area (Å²) in [6.07, 6.45) is 0.423. The van der Waals surface area contributed by atoms with E-state index in [4.69, 9.17) is 0 Å². The van der Waals surface area contributed by atoms with Crippen LogP contribution in [0.4, 0.5) is 0 Å². The summed E-state index contributed by atoms with van der Waals surface area (Å²) in [7, 11) is -9.30. The van der Waals surface area contributed by atoms with E-state index in [1.807, 2.05) is 0 Å². The molecule has 0 aromatic heterocycles. The summed E-state index contributed by atoms with van der Waals surface area (Å²) in [4.78, 5) is 21.2. The van der Waals surface area contributed by atoms with Crippen LogP contribution in [0.25, 0.3) is 0 Å². The number of nitro groups is 2. The summed E-state index contributed by atoms with van der Waals surface area (Å²) in [5.74, 6) is 0. The minimum Gasteiger partial charge on any atom is -0.234 e. The van der Waals surface area contributed by atoms with Crippen molar-refractivity contribution in [3.63, 3.8) is 0 Å². The van der Waals surface area contributed by atoms with E-state index in [2.05, 4.69) is 0 Å².